The predicted octanol–water partition coefficient (Wildman–Crippen LogP) is 2.67. The van der Waals surface area contributed by atoms with Crippen LogP contribution in [-0.4, -0.2) is 39.0 Å². The van der Waals surface area contributed by atoms with Crippen LogP contribution in [0.15, 0.2) is 53.4 Å². The van der Waals surface area contributed by atoms with Crippen molar-refractivity contribution in [2.45, 2.75) is 30.0 Å². The summed E-state index contributed by atoms with van der Waals surface area (Å²) in [6.07, 6.45) is -2.93. The monoisotopic (exact) mass is 441 g/mol. The number of carbonyl (C=O) groups is 2. The summed E-state index contributed by atoms with van der Waals surface area (Å²) >= 11 is 0. The number of nitrogens with one attached hydrogen (secondary N) is 3. The zero-order valence-corrected chi connectivity index (χ0v) is 16.3. The molecule has 2 aromatic carbocycles. The Kier molecular flexibility index (Phi) is 6.13. The van der Waals surface area contributed by atoms with Crippen molar-refractivity contribution in [2.24, 2.45) is 0 Å². The highest BCUT2D eigenvalue weighted by atomic mass is 32.2. The van der Waals surface area contributed by atoms with Gasteiger partial charge in [0.15, 0.2) is 0 Å². The van der Waals surface area contributed by atoms with Gasteiger partial charge in [0.2, 0.25) is 10.0 Å². The minimum atomic E-state index is -4.72. The third kappa shape index (κ3) is 5.80. The predicted molar refractivity (Wildman–Crippen MR) is 103 cm³/mol. The minimum absolute atomic E-state index is 0.0951. The summed E-state index contributed by atoms with van der Waals surface area (Å²) in [5, 5.41) is 5.35. The molecular weight excluding hydrogens is 423 g/mol. The number of para-hydroxylation sites is 1. The van der Waals surface area contributed by atoms with Crippen LogP contribution in [0, 0.1) is 0 Å². The van der Waals surface area contributed by atoms with Crippen LogP contribution in [0.2, 0.25) is 0 Å². The lowest BCUT2D eigenvalue weighted by molar-refractivity contribution is -0.121. The Labute approximate surface area is 170 Å². The molecule has 1 aliphatic rings. The summed E-state index contributed by atoms with van der Waals surface area (Å²) in [6.45, 7) is -1.73. The van der Waals surface area contributed by atoms with Crippen molar-refractivity contribution >= 4 is 27.5 Å². The van der Waals surface area contributed by atoms with Gasteiger partial charge in [0.1, 0.15) is 6.54 Å². The van der Waals surface area contributed by atoms with Crippen molar-refractivity contribution in [1.82, 2.24) is 10.0 Å². The largest absolute Gasteiger partial charge is 0.402 e. The number of rotatable bonds is 7. The van der Waals surface area contributed by atoms with Gasteiger partial charge in [-0.1, -0.05) is 18.2 Å². The molecule has 0 unspecified atom stereocenters. The lowest BCUT2D eigenvalue weighted by Crippen LogP contribution is -2.33. The van der Waals surface area contributed by atoms with Gasteiger partial charge in [0.25, 0.3) is 11.8 Å². The highest BCUT2D eigenvalue weighted by Gasteiger charge is 2.30. The third-order valence-corrected chi connectivity index (χ3v) is 5.60. The summed E-state index contributed by atoms with van der Waals surface area (Å²) in [4.78, 5) is 24.4. The van der Waals surface area contributed by atoms with E-state index in [2.05, 4.69) is 10.6 Å². The molecule has 1 fully saturated rings. The smallest absolute Gasteiger partial charge is 0.349 e. The summed E-state index contributed by atoms with van der Waals surface area (Å²) in [5.41, 5.74) is 0.375. The quantitative estimate of drug-likeness (QED) is 0.615. The Balaban J connectivity index is 1.77. The van der Waals surface area contributed by atoms with E-state index in [1.807, 2.05) is 0 Å². The van der Waals surface area contributed by atoms with E-state index in [9.17, 15) is 31.2 Å². The van der Waals surface area contributed by atoms with Gasteiger partial charge in [-0.2, -0.15) is 13.2 Å². The first kappa shape index (κ1) is 21.8. The maximum Gasteiger partial charge on any atom is 0.402 e. The first-order chi connectivity index (χ1) is 14.0. The molecule has 2 amide bonds. The molecule has 1 aliphatic carbocycles. The molecule has 0 bridgehead atoms. The van der Waals surface area contributed by atoms with Crippen molar-refractivity contribution in [2.75, 3.05) is 11.9 Å². The van der Waals surface area contributed by atoms with Crippen LogP contribution in [0.1, 0.15) is 33.6 Å². The fourth-order valence-corrected chi connectivity index (χ4v) is 3.60. The number of amides is 2. The van der Waals surface area contributed by atoms with Gasteiger partial charge < -0.3 is 10.6 Å². The van der Waals surface area contributed by atoms with Gasteiger partial charge in [-0.3, -0.25) is 9.59 Å². The van der Waals surface area contributed by atoms with Gasteiger partial charge in [-0.25, -0.2) is 13.1 Å². The molecule has 3 rings (SSSR count). The normalized spacial score (nSPS) is 14.2. The standard InChI is InChI=1S/C19H18F3N3O4S/c20-19(21,22)11-23-30(28,29)14-5-3-4-12(10-14)17(26)25-16-7-2-1-6-15(16)18(27)24-13-8-9-13/h1-7,10,13,23H,8-9,11H2,(H,24,27)(H,25,26). The van der Waals surface area contributed by atoms with Crippen molar-refractivity contribution in [3.63, 3.8) is 0 Å². The molecule has 0 aromatic heterocycles. The molecule has 7 nitrogen and oxygen atoms in total. The molecule has 0 heterocycles. The van der Waals surface area contributed by atoms with Crippen LogP contribution in [0.25, 0.3) is 0 Å². The minimum Gasteiger partial charge on any atom is -0.349 e. The topological polar surface area (TPSA) is 104 Å². The highest BCUT2D eigenvalue weighted by Crippen LogP contribution is 2.22. The number of benzene rings is 2. The molecule has 11 heteroatoms. The number of anilines is 1. The average Bonchev–Trinajstić information content (AvgIpc) is 3.50. The van der Waals surface area contributed by atoms with Crippen LogP contribution in [0.5, 0.6) is 0 Å². The second kappa shape index (κ2) is 8.44. The number of alkyl halides is 3. The summed E-state index contributed by atoms with van der Waals surface area (Å²) < 4.78 is 62.5. The van der Waals surface area contributed by atoms with Crippen LogP contribution in [0.3, 0.4) is 0 Å². The zero-order valence-electron chi connectivity index (χ0n) is 15.5. The number of hydrogen-bond acceptors (Lipinski definition) is 4. The molecular formula is C19H18F3N3O4S. The van der Waals surface area contributed by atoms with Crippen molar-refractivity contribution in [3.8, 4) is 0 Å². The van der Waals surface area contributed by atoms with Crippen LogP contribution >= 0.6 is 0 Å². The van der Waals surface area contributed by atoms with Crippen molar-refractivity contribution in [3.05, 3.63) is 59.7 Å². The summed E-state index contributed by atoms with van der Waals surface area (Å²) in [7, 11) is -4.46. The van der Waals surface area contributed by atoms with Gasteiger partial charge in [-0.05, 0) is 43.2 Å². The Morgan fingerprint density at radius 3 is 2.37 bits per heavy atom. The van der Waals surface area contributed by atoms with Gasteiger partial charge in [0, 0.05) is 11.6 Å². The summed E-state index contributed by atoms with van der Waals surface area (Å²) in [5.74, 6) is -1.06. The van der Waals surface area contributed by atoms with Gasteiger partial charge >= 0.3 is 6.18 Å². The average molecular weight is 441 g/mol. The lowest BCUT2D eigenvalue weighted by atomic mass is 10.1. The van der Waals surface area contributed by atoms with Crippen molar-refractivity contribution in [1.29, 1.82) is 0 Å². The fourth-order valence-electron chi connectivity index (χ4n) is 2.54. The molecule has 2 aromatic rings. The Hall–Kier alpha value is -2.92. The molecule has 1 saturated carbocycles. The van der Waals surface area contributed by atoms with Gasteiger partial charge in [-0.15, -0.1) is 0 Å². The van der Waals surface area contributed by atoms with Gasteiger partial charge in [0.05, 0.1) is 16.1 Å². The van der Waals surface area contributed by atoms with E-state index in [4.69, 9.17) is 0 Å². The maximum absolute atomic E-state index is 12.6. The van der Waals surface area contributed by atoms with Crippen molar-refractivity contribution < 1.29 is 31.2 Å². The molecule has 0 radical (unpaired) electrons. The van der Waals surface area contributed by atoms with E-state index >= 15 is 0 Å². The molecule has 0 aliphatic heterocycles. The molecule has 160 valence electrons. The third-order valence-electron chi connectivity index (χ3n) is 4.20. The first-order valence-electron chi connectivity index (χ1n) is 8.93. The number of carbonyl (C=O) groups excluding carboxylic acids is 2. The lowest BCUT2D eigenvalue weighted by Gasteiger charge is -2.12. The number of sulfonamides is 1. The van der Waals surface area contributed by atoms with Crippen LogP contribution in [-0.2, 0) is 10.0 Å². The fraction of sp³-hybridized carbons (Fsp3) is 0.263. The molecule has 0 saturated heterocycles. The van der Waals surface area contributed by atoms with Crippen LogP contribution < -0.4 is 15.4 Å². The number of halogens is 3. The van der Waals surface area contributed by atoms with Crippen LogP contribution in [0.4, 0.5) is 18.9 Å². The maximum atomic E-state index is 12.6. The zero-order chi connectivity index (χ0) is 21.9. The van der Waals surface area contributed by atoms with E-state index in [0.717, 1.165) is 25.0 Å². The Morgan fingerprint density at radius 1 is 1.00 bits per heavy atom. The van der Waals surface area contributed by atoms with E-state index in [-0.39, 0.29) is 28.8 Å². The molecule has 0 atom stereocenters. The Morgan fingerprint density at radius 2 is 1.70 bits per heavy atom. The van der Waals surface area contributed by atoms with E-state index in [0.29, 0.717) is 0 Å². The van der Waals surface area contributed by atoms with E-state index < -0.39 is 33.5 Å². The number of hydrogen-bond donors (Lipinski definition) is 3. The first-order valence-corrected chi connectivity index (χ1v) is 10.4. The summed E-state index contributed by atoms with van der Waals surface area (Å²) in [6, 6.07) is 11.0. The highest BCUT2D eigenvalue weighted by molar-refractivity contribution is 7.89. The molecule has 0 spiro atoms. The Bertz CT molecular complexity index is 1070. The SMILES string of the molecule is O=C(Nc1ccccc1C(=O)NC1CC1)c1cccc(S(=O)(=O)NCC(F)(F)F)c1. The second-order valence-electron chi connectivity index (χ2n) is 6.72. The molecule has 30 heavy (non-hydrogen) atoms. The van der Waals surface area contributed by atoms with E-state index in [1.54, 1.807) is 12.1 Å². The molecule has 3 N–H and O–H groups in total. The van der Waals surface area contributed by atoms with E-state index in [1.165, 1.54) is 29.0 Å². The second-order valence-corrected chi connectivity index (χ2v) is 8.48.